The smallest absolute Gasteiger partial charge is 0.339 e. The number of carbonyl (C=O) groups is 1. The molecule has 110 valence electrons. The third kappa shape index (κ3) is 3.88. The van der Waals surface area contributed by atoms with Crippen molar-refractivity contribution < 1.29 is 20.1 Å². The summed E-state index contributed by atoms with van der Waals surface area (Å²) in [6.45, 7) is 0.538. The summed E-state index contributed by atoms with van der Waals surface area (Å²) in [5.41, 5.74) is 1.28. The van der Waals surface area contributed by atoms with Crippen molar-refractivity contribution in [3.63, 3.8) is 0 Å². The number of aromatic hydroxyl groups is 2. The fraction of sp³-hybridized carbons (Fsp3) is 0.133. The quantitative estimate of drug-likeness (QED) is 0.664. The number of phenolic OH excluding ortho intramolecular Hbond substituents is 1. The van der Waals surface area contributed by atoms with Gasteiger partial charge in [-0.2, -0.15) is 0 Å². The summed E-state index contributed by atoms with van der Waals surface area (Å²) in [7, 11) is 0. The summed E-state index contributed by atoms with van der Waals surface area (Å²) in [6.07, 6.45) is 0.590. The van der Waals surface area contributed by atoms with Crippen molar-refractivity contribution in [1.29, 1.82) is 0 Å². The lowest BCUT2D eigenvalue weighted by Crippen LogP contribution is -2.05. The van der Waals surface area contributed by atoms with Gasteiger partial charge in [-0.05, 0) is 42.3 Å². The van der Waals surface area contributed by atoms with Crippen LogP contribution in [-0.4, -0.2) is 27.8 Å². The van der Waals surface area contributed by atoms with Crippen LogP contribution in [0.1, 0.15) is 15.9 Å². The van der Waals surface area contributed by atoms with Crippen LogP contribution in [0.5, 0.6) is 11.5 Å². The number of anilines is 1. The molecule has 0 aliphatic rings. The fourth-order valence-electron chi connectivity index (χ4n) is 1.92. The molecule has 2 aromatic carbocycles. The highest BCUT2D eigenvalue weighted by Crippen LogP contribution is 2.24. The number of aromatic carboxylic acids is 1. The van der Waals surface area contributed by atoms with Gasteiger partial charge in [0.2, 0.25) is 0 Å². The summed E-state index contributed by atoms with van der Waals surface area (Å²) in [4.78, 5) is 10.8. The van der Waals surface area contributed by atoms with Crippen LogP contribution in [-0.2, 0) is 6.42 Å². The van der Waals surface area contributed by atoms with Crippen LogP contribution in [0.3, 0.4) is 0 Å². The van der Waals surface area contributed by atoms with Crippen LogP contribution in [0.4, 0.5) is 5.69 Å². The minimum atomic E-state index is -1.17. The number of carboxylic acids is 1. The molecule has 0 atom stereocenters. The summed E-state index contributed by atoms with van der Waals surface area (Å²) in [5.74, 6) is -1.22. The highest BCUT2D eigenvalue weighted by molar-refractivity contribution is 9.10. The first-order valence-corrected chi connectivity index (χ1v) is 7.04. The van der Waals surface area contributed by atoms with Crippen molar-refractivity contribution in [2.45, 2.75) is 6.42 Å². The van der Waals surface area contributed by atoms with Crippen molar-refractivity contribution in [2.75, 3.05) is 11.9 Å². The second kappa shape index (κ2) is 6.49. The zero-order chi connectivity index (χ0) is 15.4. The Morgan fingerprint density at radius 1 is 1.10 bits per heavy atom. The van der Waals surface area contributed by atoms with Gasteiger partial charge in [-0.15, -0.1) is 0 Å². The zero-order valence-corrected chi connectivity index (χ0v) is 12.6. The van der Waals surface area contributed by atoms with E-state index < -0.39 is 5.97 Å². The fourth-order valence-corrected chi connectivity index (χ4v) is 2.33. The number of halogens is 1. The van der Waals surface area contributed by atoms with E-state index in [0.717, 1.165) is 10.0 Å². The molecule has 0 saturated heterocycles. The highest BCUT2D eigenvalue weighted by Gasteiger charge is 2.09. The average molecular weight is 352 g/mol. The van der Waals surface area contributed by atoms with Crippen LogP contribution in [0, 0.1) is 0 Å². The molecular weight excluding hydrogens is 338 g/mol. The van der Waals surface area contributed by atoms with Gasteiger partial charge in [0, 0.05) is 22.8 Å². The normalized spacial score (nSPS) is 10.3. The van der Waals surface area contributed by atoms with Crippen LogP contribution in [0.2, 0.25) is 0 Å². The minimum absolute atomic E-state index is 0.134. The standard InChI is InChI=1S/C15H14BrNO4/c16-10-1-4-13(18)9(7-10)5-6-17-11-2-3-12(15(20)21)14(19)8-11/h1-4,7-8,17-19H,5-6H2,(H,20,21). The van der Waals surface area contributed by atoms with E-state index >= 15 is 0 Å². The maximum Gasteiger partial charge on any atom is 0.339 e. The molecule has 6 heteroatoms. The molecule has 0 spiro atoms. The molecule has 0 heterocycles. The third-order valence-electron chi connectivity index (χ3n) is 2.99. The molecule has 0 saturated carbocycles. The van der Waals surface area contributed by atoms with E-state index in [1.165, 1.54) is 12.1 Å². The van der Waals surface area contributed by atoms with Crippen LogP contribution < -0.4 is 5.32 Å². The molecule has 5 nitrogen and oxygen atoms in total. The van der Waals surface area contributed by atoms with Gasteiger partial charge in [-0.1, -0.05) is 15.9 Å². The SMILES string of the molecule is O=C(O)c1ccc(NCCc2cc(Br)ccc2O)cc1O. The largest absolute Gasteiger partial charge is 0.508 e. The maximum absolute atomic E-state index is 10.8. The van der Waals surface area contributed by atoms with E-state index in [9.17, 15) is 15.0 Å². The number of phenols is 2. The van der Waals surface area contributed by atoms with Gasteiger partial charge in [0.05, 0.1) is 0 Å². The lowest BCUT2D eigenvalue weighted by atomic mass is 10.1. The maximum atomic E-state index is 10.8. The third-order valence-corrected chi connectivity index (χ3v) is 3.49. The Morgan fingerprint density at radius 2 is 1.86 bits per heavy atom. The first kappa shape index (κ1) is 15.2. The van der Waals surface area contributed by atoms with Gasteiger partial charge >= 0.3 is 5.97 Å². The van der Waals surface area contributed by atoms with Gasteiger partial charge in [0.1, 0.15) is 17.1 Å². The summed E-state index contributed by atoms with van der Waals surface area (Å²) in [5, 5.41) is 31.2. The molecule has 0 aliphatic heterocycles. The first-order valence-electron chi connectivity index (χ1n) is 6.25. The van der Waals surface area contributed by atoms with E-state index in [0.29, 0.717) is 18.7 Å². The van der Waals surface area contributed by atoms with Crippen LogP contribution in [0.25, 0.3) is 0 Å². The van der Waals surface area contributed by atoms with Gasteiger partial charge in [-0.25, -0.2) is 4.79 Å². The molecule has 4 N–H and O–H groups in total. The Balaban J connectivity index is 1.99. The number of rotatable bonds is 5. The minimum Gasteiger partial charge on any atom is -0.508 e. The predicted molar refractivity (Wildman–Crippen MR) is 83.1 cm³/mol. The monoisotopic (exact) mass is 351 g/mol. The van der Waals surface area contributed by atoms with E-state index in [1.54, 1.807) is 18.2 Å². The van der Waals surface area contributed by atoms with E-state index in [4.69, 9.17) is 5.11 Å². The molecule has 0 fully saturated rings. The summed E-state index contributed by atoms with van der Waals surface area (Å²) >= 11 is 3.34. The van der Waals surface area contributed by atoms with E-state index in [1.807, 2.05) is 6.07 Å². The van der Waals surface area contributed by atoms with Crippen molar-refractivity contribution in [3.8, 4) is 11.5 Å². The van der Waals surface area contributed by atoms with Crippen molar-refractivity contribution in [1.82, 2.24) is 0 Å². The Labute approximate surface area is 130 Å². The first-order chi connectivity index (χ1) is 9.97. The molecule has 0 aromatic heterocycles. The molecule has 0 radical (unpaired) electrons. The number of hydrogen-bond acceptors (Lipinski definition) is 4. The molecule has 2 aromatic rings. The average Bonchev–Trinajstić information content (AvgIpc) is 2.42. The Kier molecular flexibility index (Phi) is 4.70. The van der Waals surface area contributed by atoms with Crippen LogP contribution >= 0.6 is 15.9 Å². The lowest BCUT2D eigenvalue weighted by Gasteiger charge is -2.09. The highest BCUT2D eigenvalue weighted by atomic mass is 79.9. The van der Waals surface area contributed by atoms with Crippen molar-refractivity contribution in [3.05, 3.63) is 52.0 Å². The summed E-state index contributed by atoms with van der Waals surface area (Å²) in [6, 6.07) is 9.51. The predicted octanol–water partition coefficient (Wildman–Crippen LogP) is 3.21. The van der Waals surface area contributed by atoms with Crippen molar-refractivity contribution in [2.24, 2.45) is 0 Å². The second-order valence-corrected chi connectivity index (χ2v) is 5.40. The molecular formula is C15H14BrNO4. The van der Waals surface area contributed by atoms with Crippen LogP contribution in [0.15, 0.2) is 40.9 Å². The second-order valence-electron chi connectivity index (χ2n) is 4.49. The van der Waals surface area contributed by atoms with Gasteiger partial charge in [0.15, 0.2) is 0 Å². The van der Waals surface area contributed by atoms with Gasteiger partial charge in [0.25, 0.3) is 0 Å². The molecule has 0 unspecified atom stereocenters. The van der Waals surface area contributed by atoms with Gasteiger partial charge in [-0.3, -0.25) is 0 Å². The summed E-state index contributed by atoms with van der Waals surface area (Å²) < 4.78 is 0.888. The van der Waals surface area contributed by atoms with Gasteiger partial charge < -0.3 is 20.6 Å². The number of benzene rings is 2. The Bertz CT molecular complexity index is 673. The number of hydrogen-bond donors (Lipinski definition) is 4. The molecule has 21 heavy (non-hydrogen) atoms. The van der Waals surface area contributed by atoms with Crippen molar-refractivity contribution >= 4 is 27.6 Å². The van der Waals surface area contributed by atoms with E-state index in [2.05, 4.69) is 21.2 Å². The molecule has 0 bridgehead atoms. The molecule has 2 rings (SSSR count). The van der Waals surface area contributed by atoms with E-state index in [-0.39, 0.29) is 17.1 Å². The topological polar surface area (TPSA) is 89.8 Å². The Hall–Kier alpha value is -2.21. The zero-order valence-electron chi connectivity index (χ0n) is 11.0. The molecule has 0 amide bonds. The number of carboxylic acid groups (broad SMARTS) is 1. The lowest BCUT2D eigenvalue weighted by molar-refractivity contribution is 0.0694. The Morgan fingerprint density at radius 3 is 2.52 bits per heavy atom. The molecule has 0 aliphatic carbocycles. The number of nitrogens with one attached hydrogen (secondary N) is 1.